The molecule has 1 aromatic carbocycles. The Morgan fingerprint density at radius 1 is 1.21 bits per heavy atom. The van der Waals surface area contributed by atoms with Crippen molar-refractivity contribution in [3.8, 4) is 5.75 Å². The van der Waals surface area contributed by atoms with Gasteiger partial charge in [-0.3, -0.25) is 4.90 Å². The molecule has 29 heavy (non-hydrogen) atoms. The maximum absolute atomic E-state index is 12.3. The van der Waals surface area contributed by atoms with Crippen LogP contribution < -0.4 is 14.5 Å². The Balaban J connectivity index is 1.36. The van der Waals surface area contributed by atoms with E-state index >= 15 is 0 Å². The molecule has 0 bridgehead atoms. The molecule has 0 N–H and O–H groups in total. The van der Waals surface area contributed by atoms with Crippen LogP contribution >= 0.6 is 0 Å². The fourth-order valence-corrected chi connectivity index (χ4v) is 3.95. The predicted molar refractivity (Wildman–Crippen MR) is 111 cm³/mol. The number of carbonyl (C=O) groups is 1. The first-order valence-corrected chi connectivity index (χ1v) is 9.89. The molecule has 2 aromatic rings. The van der Waals surface area contributed by atoms with Crippen LogP contribution in [0.4, 0.5) is 16.4 Å². The summed E-state index contributed by atoms with van der Waals surface area (Å²) in [6, 6.07) is 10.1. The van der Waals surface area contributed by atoms with Gasteiger partial charge in [-0.2, -0.15) is 0 Å². The van der Waals surface area contributed by atoms with Crippen molar-refractivity contribution in [3.05, 3.63) is 42.2 Å². The van der Waals surface area contributed by atoms with E-state index in [1.165, 1.54) is 5.56 Å². The van der Waals surface area contributed by atoms with Gasteiger partial charge in [-0.1, -0.05) is 12.1 Å². The van der Waals surface area contributed by atoms with Gasteiger partial charge in [-0.15, -0.1) is 0 Å². The van der Waals surface area contributed by atoms with Gasteiger partial charge < -0.3 is 19.3 Å². The third-order valence-electron chi connectivity index (χ3n) is 5.57. The Bertz CT molecular complexity index is 858. The molecule has 154 valence electrons. The van der Waals surface area contributed by atoms with Crippen molar-refractivity contribution in [3.63, 3.8) is 0 Å². The van der Waals surface area contributed by atoms with Crippen molar-refractivity contribution in [1.82, 2.24) is 14.9 Å². The van der Waals surface area contributed by atoms with Gasteiger partial charge in [0.25, 0.3) is 0 Å². The van der Waals surface area contributed by atoms with E-state index in [1.54, 1.807) is 13.4 Å². The molecule has 1 amide bonds. The molecule has 4 rings (SSSR count). The maximum Gasteiger partial charge on any atom is 0.410 e. The first kappa shape index (κ1) is 19.3. The molecule has 2 saturated heterocycles. The van der Waals surface area contributed by atoms with Gasteiger partial charge in [-0.05, 0) is 30.5 Å². The Morgan fingerprint density at radius 3 is 2.72 bits per heavy atom. The Hall–Kier alpha value is -3.03. The highest BCUT2D eigenvalue weighted by molar-refractivity contribution is 5.71. The third-order valence-corrected chi connectivity index (χ3v) is 5.57. The highest BCUT2D eigenvalue weighted by Gasteiger charge is 2.47. The Labute approximate surface area is 171 Å². The van der Waals surface area contributed by atoms with E-state index in [1.807, 2.05) is 42.1 Å². The van der Waals surface area contributed by atoms with Gasteiger partial charge in [0.2, 0.25) is 0 Å². The van der Waals surface area contributed by atoms with Gasteiger partial charge in [0.05, 0.1) is 19.7 Å². The largest absolute Gasteiger partial charge is 0.497 e. The maximum atomic E-state index is 12.3. The summed E-state index contributed by atoms with van der Waals surface area (Å²) < 4.78 is 10.8. The number of benzene rings is 1. The van der Waals surface area contributed by atoms with E-state index in [2.05, 4.69) is 27.0 Å². The Morgan fingerprint density at radius 2 is 2.00 bits per heavy atom. The first-order valence-electron chi connectivity index (χ1n) is 9.89. The summed E-state index contributed by atoms with van der Waals surface area (Å²) in [5, 5.41) is 0. The molecule has 2 atom stereocenters. The number of aromatic nitrogens is 2. The lowest BCUT2D eigenvalue weighted by atomic mass is 10.1. The number of methoxy groups -OCH3 is 1. The molecule has 0 saturated carbocycles. The van der Waals surface area contributed by atoms with Gasteiger partial charge >= 0.3 is 6.09 Å². The lowest BCUT2D eigenvalue weighted by molar-refractivity contribution is 0.135. The van der Waals surface area contributed by atoms with Crippen LogP contribution in [0.1, 0.15) is 12.0 Å². The number of ether oxygens (including phenoxy) is 2. The van der Waals surface area contributed by atoms with Crippen LogP contribution in [0.3, 0.4) is 0 Å². The van der Waals surface area contributed by atoms with Crippen LogP contribution in [0.15, 0.2) is 36.7 Å². The molecule has 2 aliphatic heterocycles. The summed E-state index contributed by atoms with van der Waals surface area (Å²) in [6.07, 6.45) is 3.07. The molecule has 8 nitrogen and oxygen atoms in total. The van der Waals surface area contributed by atoms with Crippen LogP contribution in [0.25, 0.3) is 0 Å². The van der Waals surface area contributed by atoms with E-state index in [0.717, 1.165) is 36.8 Å². The predicted octanol–water partition coefficient (Wildman–Crippen LogP) is 2.19. The van der Waals surface area contributed by atoms with E-state index in [0.29, 0.717) is 13.1 Å². The molecule has 2 aliphatic rings. The zero-order valence-electron chi connectivity index (χ0n) is 17.1. The van der Waals surface area contributed by atoms with E-state index in [-0.39, 0.29) is 18.2 Å². The highest BCUT2D eigenvalue weighted by atomic mass is 16.6. The highest BCUT2D eigenvalue weighted by Crippen LogP contribution is 2.30. The molecule has 0 radical (unpaired) electrons. The topological polar surface area (TPSA) is 71.0 Å². The number of hydrogen-bond donors (Lipinski definition) is 0. The van der Waals surface area contributed by atoms with Crippen molar-refractivity contribution in [1.29, 1.82) is 0 Å². The van der Waals surface area contributed by atoms with Gasteiger partial charge in [0.1, 0.15) is 29.8 Å². The average molecular weight is 397 g/mol. The molecular weight excluding hydrogens is 370 g/mol. The fourth-order valence-electron chi connectivity index (χ4n) is 3.95. The summed E-state index contributed by atoms with van der Waals surface area (Å²) in [5.41, 5.74) is 1.24. The number of nitrogens with zero attached hydrogens (tertiary/aromatic N) is 5. The van der Waals surface area contributed by atoms with Gasteiger partial charge in [-0.25, -0.2) is 14.8 Å². The minimum absolute atomic E-state index is 0.0659. The van der Waals surface area contributed by atoms with E-state index in [4.69, 9.17) is 9.47 Å². The van der Waals surface area contributed by atoms with Crippen molar-refractivity contribution in [2.75, 3.05) is 50.6 Å². The van der Waals surface area contributed by atoms with E-state index < -0.39 is 0 Å². The van der Waals surface area contributed by atoms with Crippen molar-refractivity contribution in [2.24, 2.45) is 0 Å². The summed E-state index contributed by atoms with van der Waals surface area (Å²) in [5.74, 6) is 2.58. The normalized spacial score (nSPS) is 20.6. The van der Waals surface area contributed by atoms with Crippen LogP contribution in [0.2, 0.25) is 0 Å². The summed E-state index contributed by atoms with van der Waals surface area (Å²) in [6.45, 7) is 2.07. The molecule has 0 unspecified atom stereocenters. The molecule has 8 heteroatoms. The number of rotatable bonds is 7. The number of anilines is 2. The summed E-state index contributed by atoms with van der Waals surface area (Å²) >= 11 is 0. The number of aryl methyl sites for hydroxylation is 1. The second-order valence-corrected chi connectivity index (χ2v) is 7.67. The van der Waals surface area contributed by atoms with Crippen molar-refractivity contribution in [2.45, 2.75) is 25.0 Å². The van der Waals surface area contributed by atoms with Gasteiger partial charge in [0.15, 0.2) is 0 Å². The number of hydrogen-bond acceptors (Lipinski definition) is 7. The van der Waals surface area contributed by atoms with Gasteiger partial charge in [0, 0.05) is 33.3 Å². The molecule has 0 spiro atoms. The monoisotopic (exact) mass is 397 g/mol. The third kappa shape index (κ3) is 4.06. The molecule has 1 aromatic heterocycles. The molecule has 2 fully saturated rings. The molecular formula is C21H27N5O3. The van der Waals surface area contributed by atoms with Crippen LogP contribution in [0, 0.1) is 0 Å². The SMILES string of the molecule is COc1ccc(CCCN2C(=O)O[C@H]3CN(c4cc(N(C)C)ncn4)C[C@H]32)cc1. The van der Waals surface area contributed by atoms with E-state index in [9.17, 15) is 4.79 Å². The molecule has 0 aliphatic carbocycles. The standard InChI is InChI=1S/C21H27N5O3/c1-24(2)19-11-20(23-14-22-19)25-12-17-18(13-25)29-21(27)26(17)10-4-5-15-6-8-16(28-3)9-7-15/h6-9,11,14,17-18H,4-5,10,12-13H2,1-3H3/t17-,18+/m1/s1. The fraction of sp³-hybridized carbons (Fsp3) is 0.476. The van der Waals surface area contributed by atoms with Crippen molar-refractivity contribution < 1.29 is 14.3 Å². The minimum Gasteiger partial charge on any atom is -0.497 e. The van der Waals surface area contributed by atoms with Crippen molar-refractivity contribution >= 4 is 17.7 Å². The zero-order valence-corrected chi connectivity index (χ0v) is 17.1. The first-order chi connectivity index (χ1) is 14.0. The lowest BCUT2D eigenvalue weighted by Gasteiger charge is -2.23. The Kier molecular flexibility index (Phi) is 5.42. The number of carbonyl (C=O) groups excluding carboxylic acids is 1. The van der Waals surface area contributed by atoms with Crippen LogP contribution in [0.5, 0.6) is 5.75 Å². The van der Waals surface area contributed by atoms with Crippen LogP contribution in [-0.2, 0) is 11.2 Å². The smallest absolute Gasteiger partial charge is 0.410 e. The van der Waals surface area contributed by atoms with Crippen LogP contribution in [-0.4, -0.2) is 73.9 Å². The quantitative estimate of drug-likeness (QED) is 0.709. The second-order valence-electron chi connectivity index (χ2n) is 7.67. The summed E-state index contributed by atoms with van der Waals surface area (Å²) in [7, 11) is 5.58. The zero-order chi connectivity index (χ0) is 20.4. The second kappa shape index (κ2) is 8.14. The number of amides is 1. The molecule has 3 heterocycles. The average Bonchev–Trinajstić information content (AvgIpc) is 3.26. The number of fused-ring (bicyclic) bond motifs is 1. The summed E-state index contributed by atoms with van der Waals surface area (Å²) in [4.78, 5) is 27.0. The minimum atomic E-state index is -0.203. The lowest BCUT2D eigenvalue weighted by Crippen LogP contribution is -2.38.